The van der Waals surface area contributed by atoms with Crippen molar-refractivity contribution < 1.29 is 0 Å². The first-order valence-electron chi connectivity index (χ1n) is 12.2. The largest absolute Gasteiger partial charge is 0.381 e. The first kappa shape index (κ1) is 29.5. The number of aryl methyl sites for hydroxylation is 1. The van der Waals surface area contributed by atoms with Crippen molar-refractivity contribution in [2.75, 3.05) is 0 Å². The lowest BCUT2D eigenvalue weighted by atomic mass is 9.98. The maximum absolute atomic E-state index is 4.20. The lowest BCUT2D eigenvalue weighted by Crippen LogP contribution is -2.26. The van der Waals surface area contributed by atoms with Crippen molar-refractivity contribution in [1.82, 2.24) is 10.6 Å². The second-order valence-electron chi connectivity index (χ2n) is 8.97. The molecule has 1 aromatic rings. The lowest BCUT2D eigenvalue weighted by molar-refractivity contribution is 0.718. The number of benzene rings is 1. The Morgan fingerprint density at radius 3 is 2.31 bits per heavy atom. The van der Waals surface area contributed by atoms with Gasteiger partial charge in [0.1, 0.15) is 0 Å². The summed E-state index contributed by atoms with van der Waals surface area (Å²) in [6.45, 7) is 35.7. The fourth-order valence-electron chi connectivity index (χ4n) is 3.32. The molecule has 0 radical (unpaired) electrons. The molecular formula is C33H44N2. The van der Waals surface area contributed by atoms with Gasteiger partial charge >= 0.3 is 0 Å². The van der Waals surface area contributed by atoms with Crippen LogP contribution in [0.5, 0.6) is 0 Å². The molecule has 2 heteroatoms. The van der Waals surface area contributed by atoms with Crippen molar-refractivity contribution in [3.05, 3.63) is 144 Å². The Morgan fingerprint density at radius 2 is 1.74 bits per heavy atom. The number of rotatable bonds is 15. The van der Waals surface area contributed by atoms with E-state index in [1.807, 2.05) is 44.2 Å². The quantitative estimate of drug-likeness (QED) is 0.200. The predicted molar refractivity (Wildman–Crippen MR) is 157 cm³/mol. The summed E-state index contributed by atoms with van der Waals surface area (Å²) in [5.41, 5.74) is 10.6. The fraction of sp³-hybridized carbons (Fsp3) is 0.273. The van der Waals surface area contributed by atoms with Crippen molar-refractivity contribution in [1.29, 1.82) is 0 Å². The van der Waals surface area contributed by atoms with Gasteiger partial charge < -0.3 is 10.6 Å². The summed E-state index contributed by atoms with van der Waals surface area (Å²) in [4.78, 5) is 0. The molecule has 0 fully saturated rings. The van der Waals surface area contributed by atoms with Crippen molar-refractivity contribution in [3.8, 4) is 0 Å². The Labute approximate surface area is 214 Å². The SMILES string of the molecule is C=CC(/C=C\C(=C)[C@H](C)NC(=C)C(=C)/C=C(\C)C(=C)NCc1ccc(CC(=C)CC)c(C)c1)=C/C. The van der Waals surface area contributed by atoms with Crippen LogP contribution in [0.25, 0.3) is 0 Å². The molecule has 0 bridgehead atoms. The van der Waals surface area contributed by atoms with Gasteiger partial charge in [-0.05, 0) is 85.6 Å². The third kappa shape index (κ3) is 10.1. The monoisotopic (exact) mass is 468 g/mol. The average molecular weight is 469 g/mol. The van der Waals surface area contributed by atoms with Crippen LogP contribution in [0.3, 0.4) is 0 Å². The summed E-state index contributed by atoms with van der Waals surface area (Å²) in [5.74, 6) is 0. The highest BCUT2D eigenvalue weighted by molar-refractivity contribution is 5.43. The minimum absolute atomic E-state index is 0.0224. The van der Waals surface area contributed by atoms with Gasteiger partial charge in [0.25, 0.3) is 0 Å². The van der Waals surface area contributed by atoms with E-state index >= 15 is 0 Å². The number of allylic oxidation sites excluding steroid dienone is 7. The third-order valence-electron chi connectivity index (χ3n) is 6.11. The van der Waals surface area contributed by atoms with Crippen LogP contribution in [0, 0.1) is 6.92 Å². The van der Waals surface area contributed by atoms with E-state index in [1.165, 1.54) is 22.3 Å². The van der Waals surface area contributed by atoms with Crippen LogP contribution >= 0.6 is 0 Å². The van der Waals surface area contributed by atoms with E-state index < -0.39 is 0 Å². The van der Waals surface area contributed by atoms with Crippen LogP contribution in [0.2, 0.25) is 0 Å². The summed E-state index contributed by atoms with van der Waals surface area (Å²) in [5, 5.41) is 6.81. The van der Waals surface area contributed by atoms with Crippen LogP contribution in [0.4, 0.5) is 0 Å². The molecule has 0 spiro atoms. The molecule has 0 aliphatic carbocycles. The maximum atomic E-state index is 4.20. The van der Waals surface area contributed by atoms with Crippen LogP contribution in [-0.2, 0) is 13.0 Å². The van der Waals surface area contributed by atoms with Gasteiger partial charge in [-0.2, -0.15) is 0 Å². The van der Waals surface area contributed by atoms with Gasteiger partial charge in [0, 0.05) is 24.0 Å². The van der Waals surface area contributed by atoms with Crippen molar-refractivity contribution in [3.63, 3.8) is 0 Å². The summed E-state index contributed by atoms with van der Waals surface area (Å²) >= 11 is 0. The maximum Gasteiger partial charge on any atom is 0.0479 e. The standard InChI is InChI=1S/C33H44N2/c1-12-23(4)19-33-18-17-32(21-27(33)8)22-34-28(9)25(6)20-26(7)30(11)35-29(10)24(5)15-16-31(13-2)14-3/h13-18,20-21,29,34-35H,2,4-5,7,9,11-12,19,22H2,1,3,6,8,10H3/b16-15-,25-20+,31-14-/t29-/m0/s1. The molecule has 0 unspecified atom stereocenters. The Balaban J connectivity index is 2.67. The van der Waals surface area contributed by atoms with E-state index in [9.17, 15) is 0 Å². The van der Waals surface area contributed by atoms with Crippen LogP contribution in [0.1, 0.15) is 50.8 Å². The van der Waals surface area contributed by atoms with Gasteiger partial charge in [0.05, 0.1) is 0 Å². The van der Waals surface area contributed by atoms with Gasteiger partial charge in [0.15, 0.2) is 0 Å². The molecule has 1 rings (SSSR count). The van der Waals surface area contributed by atoms with Crippen molar-refractivity contribution in [2.45, 2.75) is 60.0 Å². The Kier molecular flexibility index (Phi) is 12.4. The van der Waals surface area contributed by atoms with E-state index in [1.54, 1.807) is 0 Å². The minimum Gasteiger partial charge on any atom is -0.381 e. The number of hydrogen-bond donors (Lipinski definition) is 2. The smallest absolute Gasteiger partial charge is 0.0479 e. The highest BCUT2D eigenvalue weighted by Crippen LogP contribution is 2.18. The zero-order chi connectivity index (χ0) is 26.5. The molecule has 186 valence electrons. The molecule has 2 nitrogen and oxygen atoms in total. The van der Waals surface area contributed by atoms with Gasteiger partial charge in [-0.25, -0.2) is 0 Å². The zero-order valence-electron chi connectivity index (χ0n) is 22.6. The van der Waals surface area contributed by atoms with Gasteiger partial charge in [0.2, 0.25) is 0 Å². The second-order valence-corrected chi connectivity index (χ2v) is 8.97. The van der Waals surface area contributed by atoms with Crippen molar-refractivity contribution in [2.24, 2.45) is 0 Å². The molecule has 0 aliphatic heterocycles. The Hall–Kier alpha value is -3.52. The Bertz CT molecular complexity index is 1070. The van der Waals surface area contributed by atoms with Crippen LogP contribution < -0.4 is 10.6 Å². The van der Waals surface area contributed by atoms with E-state index in [-0.39, 0.29) is 6.04 Å². The molecule has 35 heavy (non-hydrogen) atoms. The fourth-order valence-corrected chi connectivity index (χ4v) is 3.32. The lowest BCUT2D eigenvalue weighted by Gasteiger charge is -2.19. The molecule has 0 aliphatic rings. The van der Waals surface area contributed by atoms with Crippen LogP contribution in [-0.4, -0.2) is 6.04 Å². The summed E-state index contributed by atoms with van der Waals surface area (Å²) in [6.07, 6.45) is 11.8. The molecule has 0 saturated heterocycles. The zero-order valence-corrected chi connectivity index (χ0v) is 22.6. The molecule has 0 heterocycles. The van der Waals surface area contributed by atoms with Gasteiger partial charge in [-0.1, -0.05) is 94.5 Å². The predicted octanol–water partition coefficient (Wildman–Crippen LogP) is 8.35. The van der Waals surface area contributed by atoms with Crippen molar-refractivity contribution >= 4 is 0 Å². The Morgan fingerprint density at radius 1 is 1.06 bits per heavy atom. The molecular weight excluding hydrogens is 424 g/mol. The van der Waals surface area contributed by atoms with E-state index in [0.29, 0.717) is 6.54 Å². The van der Waals surface area contributed by atoms with Crippen LogP contribution in [0.15, 0.2) is 127 Å². The van der Waals surface area contributed by atoms with E-state index in [0.717, 1.165) is 46.5 Å². The van der Waals surface area contributed by atoms with Gasteiger partial charge in [-0.15, -0.1) is 0 Å². The van der Waals surface area contributed by atoms with E-state index in [2.05, 4.69) is 89.1 Å². The summed E-state index contributed by atoms with van der Waals surface area (Å²) in [6, 6.07) is 6.64. The van der Waals surface area contributed by atoms with Gasteiger partial charge in [-0.3, -0.25) is 0 Å². The molecule has 1 aromatic carbocycles. The molecule has 1 atom stereocenters. The molecule has 2 N–H and O–H groups in total. The normalized spacial score (nSPS) is 12.7. The number of nitrogens with one attached hydrogen (secondary N) is 2. The summed E-state index contributed by atoms with van der Waals surface area (Å²) < 4.78 is 0. The highest BCUT2D eigenvalue weighted by atomic mass is 14.9. The van der Waals surface area contributed by atoms with E-state index in [4.69, 9.17) is 0 Å². The molecule has 0 aromatic heterocycles. The first-order valence-corrected chi connectivity index (χ1v) is 12.2. The average Bonchev–Trinajstić information content (AvgIpc) is 2.83. The molecule has 0 amide bonds. The minimum atomic E-state index is 0.0224. The third-order valence-corrected chi connectivity index (χ3v) is 6.11. The highest BCUT2D eigenvalue weighted by Gasteiger charge is 2.08. The summed E-state index contributed by atoms with van der Waals surface area (Å²) in [7, 11) is 0. The molecule has 0 saturated carbocycles. The topological polar surface area (TPSA) is 24.1 Å². The number of hydrogen-bond acceptors (Lipinski definition) is 2. The first-order chi connectivity index (χ1) is 16.5. The second kappa shape index (κ2) is 14.7.